The molecule has 1 saturated heterocycles. The number of methoxy groups -OCH3 is 2. The SMILES string of the molecule is CCOc1ccc2nc(N3C(=O)C(=O)C(=C(O)c4ccc(OC)cc4)C3c3ccc(OC)cc3)sc2c1. The van der Waals surface area contributed by atoms with Crippen molar-refractivity contribution in [3.63, 3.8) is 0 Å². The fourth-order valence-corrected chi connectivity index (χ4v) is 5.31. The molecule has 5 rings (SSSR count). The van der Waals surface area contributed by atoms with Crippen LogP contribution in [0.3, 0.4) is 0 Å². The van der Waals surface area contributed by atoms with Crippen LogP contribution in [0.25, 0.3) is 16.0 Å². The second kappa shape index (κ2) is 9.94. The Hall–Kier alpha value is -4.37. The summed E-state index contributed by atoms with van der Waals surface area (Å²) in [4.78, 5) is 32.8. The summed E-state index contributed by atoms with van der Waals surface area (Å²) in [7, 11) is 3.10. The first-order valence-corrected chi connectivity index (χ1v) is 12.4. The average molecular weight is 517 g/mol. The molecule has 1 N–H and O–H groups in total. The molecule has 1 aliphatic heterocycles. The van der Waals surface area contributed by atoms with Crippen LogP contribution in [0.15, 0.2) is 72.3 Å². The minimum Gasteiger partial charge on any atom is -0.507 e. The van der Waals surface area contributed by atoms with Crippen molar-refractivity contribution < 1.29 is 28.9 Å². The van der Waals surface area contributed by atoms with Crippen molar-refractivity contribution in [1.82, 2.24) is 4.98 Å². The molecule has 37 heavy (non-hydrogen) atoms. The van der Waals surface area contributed by atoms with E-state index in [-0.39, 0.29) is 11.3 Å². The quantitative estimate of drug-likeness (QED) is 0.201. The number of carbonyl (C=O) groups excluding carboxylic acids is 2. The number of aliphatic hydroxyl groups excluding tert-OH is 1. The van der Waals surface area contributed by atoms with E-state index in [1.54, 1.807) is 62.8 Å². The highest BCUT2D eigenvalue weighted by Gasteiger charge is 2.48. The standard InChI is InChI=1S/C28H24N2O6S/c1-4-36-20-13-14-21-22(15-20)37-28(29-21)30-24(16-5-9-18(34-2)10-6-16)23(26(32)27(30)33)25(31)17-7-11-19(35-3)12-8-17/h5-15,24,31H,4H2,1-3H3. The van der Waals surface area contributed by atoms with Gasteiger partial charge >= 0.3 is 5.91 Å². The van der Waals surface area contributed by atoms with Crippen LogP contribution in [0.1, 0.15) is 24.1 Å². The van der Waals surface area contributed by atoms with Gasteiger partial charge in [0.05, 0.1) is 42.7 Å². The lowest BCUT2D eigenvalue weighted by Gasteiger charge is -2.23. The van der Waals surface area contributed by atoms with Gasteiger partial charge in [-0.3, -0.25) is 14.5 Å². The van der Waals surface area contributed by atoms with Gasteiger partial charge in [0.1, 0.15) is 23.0 Å². The van der Waals surface area contributed by atoms with Crippen LogP contribution in [-0.2, 0) is 9.59 Å². The summed E-state index contributed by atoms with van der Waals surface area (Å²) in [6.07, 6.45) is 0. The van der Waals surface area contributed by atoms with E-state index in [0.29, 0.717) is 45.6 Å². The van der Waals surface area contributed by atoms with E-state index < -0.39 is 17.7 Å². The molecule has 1 fully saturated rings. The van der Waals surface area contributed by atoms with Gasteiger partial charge in [0.15, 0.2) is 5.13 Å². The molecule has 3 aromatic carbocycles. The Bertz CT molecular complexity index is 1510. The van der Waals surface area contributed by atoms with Gasteiger partial charge in [0.25, 0.3) is 5.78 Å². The number of fused-ring (bicyclic) bond motifs is 1. The van der Waals surface area contributed by atoms with E-state index in [1.807, 2.05) is 25.1 Å². The maximum absolute atomic E-state index is 13.4. The van der Waals surface area contributed by atoms with Crippen LogP contribution in [0.5, 0.6) is 17.2 Å². The third-order valence-electron chi connectivity index (χ3n) is 6.11. The van der Waals surface area contributed by atoms with Crippen molar-refractivity contribution in [2.45, 2.75) is 13.0 Å². The summed E-state index contributed by atoms with van der Waals surface area (Å²) in [6.45, 7) is 2.42. The van der Waals surface area contributed by atoms with E-state index in [9.17, 15) is 14.7 Å². The number of hydrogen-bond acceptors (Lipinski definition) is 8. The number of nitrogens with zero attached hydrogens (tertiary/aromatic N) is 2. The number of carbonyl (C=O) groups is 2. The number of benzene rings is 3. The Morgan fingerprint density at radius 2 is 1.57 bits per heavy atom. The van der Waals surface area contributed by atoms with Gasteiger partial charge in [-0.15, -0.1) is 0 Å². The maximum Gasteiger partial charge on any atom is 0.301 e. The molecule has 0 bridgehead atoms. The van der Waals surface area contributed by atoms with Crippen molar-refractivity contribution in [2.24, 2.45) is 0 Å². The highest BCUT2D eigenvalue weighted by Crippen LogP contribution is 2.45. The Balaban J connectivity index is 1.67. The number of Topliss-reactive ketones (excluding diaryl/α,β-unsaturated/α-hetero) is 1. The summed E-state index contributed by atoms with van der Waals surface area (Å²) < 4.78 is 16.9. The number of hydrogen-bond donors (Lipinski definition) is 1. The molecule has 0 radical (unpaired) electrons. The molecule has 188 valence electrons. The zero-order chi connectivity index (χ0) is 26.1. The first-order valence-electron chi connectivity index (χ1n) is 11.6. The molecule has 1 aliphatic rings. The summed E-state index contributed by atoms with van der Waals surface area (Å²) in [5.74, 6) is 0.0924. The molecule has 4 aromatic rings. The molecule has 2 heterocycles. The Morgan fingerprint density at radius 1 is 0.946 bits per heavy atom. The number of aromatic nitrogens is 1. The highest BCUT2D eigenvalue weighted by molar-refractivity contribution is 7.22. The van der Waals surface area contributed by atoms with E-state index in [4.69, 9.17) is 14.2 Å². The van der Waals surface area contributed by atoms with Crippen LogP contribution in [0.2, 0.25) is 0 Å². The lowest BCUT2D eigenvalue weighted by atomic mass is 9.95. The van der Waals surface area contributed by atoms with Crippen molar-refractivity contribution >= 4 is 44.1 Å². The van der Waals surface area contributed by atoms with Crippen LogP contribution < -0.4 is 19.1 Å². The number of aliphatic hydroxyl groups is 1. The number of thiazole rings is 1. The smallest absolute Gasteiger partial charge is 0.301 e. The van der Waals surface area contributed by atoms with Crippen molar-refractivity contribution in [3.8, 4) is 17.2 Å². The van der Waals surface area contributed by atoms with Gasteiger partial charge in [0, 0.05) is 5.56 Å². The van der Waals surface area contributed by atoms with Gasteiger partial charge in [-0.2, -0.15) is 0 Å². The fourth-order valence-electron chi connectivity index (χ4n) is 4.29. The molecule has 0 aliphatic carbocycles. The van der Waals surface area contributed by atoms with Gasteiger partial charge in [-0.1, -0.05) is 23.5 Å². The Kier molecular flexibility index (Phi) is 6.54. The molecule has 1 aromatic heterocycles. The molecule has 9 heteroatoms. The zero-order valence-corrected chi connectivity index (χ0v) is 21.2. The average Bonchev–Trinajstić information content (AvgIpc) is 3.46. The monoisotopic (exact) mass is 516 g/mol. The zero-order valence-electron chi connectivity index (χ0n) is 20.4. The molecule has 1 unspecified atom stereocenters. The number of anilines is 1. The molecule has 0 saturated carbocycles. The molecule has 1 amide bonds. The summed E-state index contributed by atoms with van der Waals surface area (Å²) in [5, 5.41) is 11.6. The van der Waals surface area contributed by atoms with Crippen LogP contribution >= 0.6 is 11.3 Å². The lowest BCUT2D eigenvalue weighted by molar-refractivity contribution is -0.132. The van der Waals surface area contributed by atoms with Crippen molar-refractivity contribution in [3.05, 3.63) is 83.4 Å². The molecule has 1 atom stereocenters. The van der Waals surface area contributed by atoms with E-state index in [1.165, 1.54) is 16.2 Å². The predicted molar refractivity (Wildman–Crippen MR) is 142 cm³/mol. The number of ketones is 1. The van der Waals surface area contributed by atoms with Crippen LogP contribution in [0.4, 0.5) is 5.13 Å². The van der Waals surface area contributed by atoms with Gasteiger partial charge in [-0.05, 0) is 67.1 Å². The topological polar surface area (TPSA) is 98.2 Å². The van der Waals surface area contributed by atoms with Gasteiger partial charge < -0.3 is 19.3 Å². The van der Waals surface area contributed by atoms with Crippen LogP contribution in [0, 0.1) is 0 Å². The van der Waals surface area contributed by atoms with Crippen LogP contribution in [-0.4, -0.2) is 42.6 Å². The molecule has 0 spiro atoms. The fraction of sp³-hybridized carbons (Fsp3) is 0.179. The molecular formula is C28H24N2O6S. The second-order valence-electron chi connectivity index (χ2n) is 8.23. The minimum atomic E-state index is -0.889. The third-order valence-corrected chi connectivity index (χ3v) is 7.12. The lowest BCUT2D eigenvalue weighted by Crippen LogP contribution is -2.29. The molecular weight excluding hydrogens is 492 g/mol. The normalized spacial score (nSPS) is 16.8. The minimum absolute atomic E-state index is 0.0189. The number of ether oxygens (including phenoxy) is 3. The van der Waals surface area contributed by atoms with Crippen molar-refractivity contribution in [2.75, 3.05) is 25.7 Å². The first-order chi connectivity index (χ1) is 17.9. The van der Waals surface area contributed by atoms with Gasteiger partial charge in [-0.25, -0.2) is 4.98 Å². The van der Waals surface area contributed by atoms with E-state index in [2.05, 4.69) is 4.98 Å². The second-order valence-corrected chi connectivity index (χ2v) is 9.24. The van der Waals surface area contributed by atoms with E-state index >= 15 is 0 Å². The summed E-state index contributed by atoms with van der Waals surface area (Å²) in [6, 6.07) is 18.3. The number of amides is 1. The summed E-state index contributed by atoms with van der Waals surface area (Å²) in [5.41, 5.74) is 1.68. The summed E-state index contributed by atoms with van der Waals surface area (Å²) >= 11 is 1.28. The number of rotatable bonds is 7. The van der Waals surface area contributed by atoms with E-state index in [0.717, 1.165) is 4.70 Å². The third kappa shape index (κ3) is 4.38. The Labute approximate surface area is 217 Å². The molecule has 8 nitrogen and oxygen atoms in total. The van der Waals surface area contributed by atoms with Crippen molar-refractivity contribution in [1.29, 1.82) is 0 Å². The first kappa shape index (κ1) is 24.3. The largest absolute Gasteiger partial charge is 0.507 e. The van der Waals surface area contributed by atoms with Gasteiger partial charge in [0.2, 0.25) is 0 Å². The highest BCUT2D eigenvalue weighted by atomic mass is 32.1. The predicted octanol–water partition coefficient (Wildman–Crippen LogP) is 5.34. The Morgan fingerprint density at radius 3 is 2.19 bits per heavy atom. The maximum atomic E-state index is 13.4.